The van der Waals surface area contributed by atoms with Gasteiger partial charge in [0.2, 0.25) is 0 Å². The average molecular weight is 292 g/mol. The second-order valence-corrected chi connectivity index (χ2v) is 7.83. The Bertz CT molecular complexity index is 458. The van der Waals surface area contributed by atoms with Gasteiger partial charge in [0.25, 0.3) is 0 Å². The van der Waals surface area contributed by atoms with Crippen molar-refractivity contribution in [2.75, 3.05) is 29.5 Å². The number of hydrogen-bond acceptors (Lipinski definition) is 3. The lowest BCUT2D eigenvalue weighted by molar-refractivity contribution is 0.260. The number of nitrogens with two attached hydrogens (primary N) is 1. The first kappa shape index (κ1) is 15.7. The van der Waals surface area contributed by atoms with Crippen molar-refractivity contribution in [3.8, 4) is 0 Å². The second kappa shape index (κ2) is 5.98. The van der Waals surface area contributed by atoms with Gasteiger partial charge in [-0.15, -0.1) is 0 Å². The Morgan fingerprint density at radius 2 is 2.05 bits per heavy atom. The van der Waals surface area contributed by atoms with Gasteiger partial charge < -0.3 is 10.6 Å². The summed E-state index contributed by atoms with van der Waals surface area (Å²) < 4.78 is 0. The molecule has 2 rings (SSSR count). The second-order valence-electron chi connectivity index (χ2n) is 6.85. The summed E-state index contributed by atoms with van der Waals surface area (Å²) in [5.41, 5.74) is 9.34. The zero-order valence-corrected chi connectivity index (χ0v) is 14.1. The van der Waals surface area contributed by atoms with Gasteiger partial charge in [-0.2, -0.15) is 11.8 Å². The van der Waals surface area contributed by atoms with E-state index in [0.717, 1.165) is 18.8 Å². The highest BCUT2D eigenvalue weighted by Crippen LogP contribution is 2.43. The van der Waals surface area contributed by atoms with E-state index in [2.05, 4.69) is 68.6 Å². The lowest BCUT2D eigenvalue weighted by Crippen LogP contribution is -2.60. The molecule has 20 heavy (non-hydrogen) atoms. The smallest absolute Gasteiger partial charge is 0.0619 e. The number of nitrogens with zero attached hydrogens (tertiary/aromatic N) is 1. The van der Waals surface area contributed by atoms with Gasteiger partial charge in [-0.3, -0.25) is 0 Å². The number of benzene rings is 1. The molecule has 1 aliphatic rings. The standard InChI is InChI=1S/C17H28N2S/c1-5-19(15-8-6-7-14(2)9-15)17(11-18)10-16(3,4)12-20-13-17/h6-9H,5,10-13,18H2,1-4H3. The van der Waals surface area contributed by atoms with Crippen LogP contribution in [-0.2, 0) is 0 Å². The predicted molar refractivity (Wildman–Crippen MR) is 91.7 cm³/mol. The Kier molecular flexibility index (Phi) is 4.70. The SMILES string of the molecule is CCN(c1cccc(C)c1)C1(CN)CSCC(C)(C)C1. The first-order valence-electron chi connectivity index (χ1n) is 7.55. The summed E-state index contributed by atoms with van der Waals surface area (Å²) in [6.07, 6.45) is 1.17. The molecule has 0 saturated carbocycles. The average Bonchev–Trinajstić information content (AvgIpc) is 2.38. The van der Waals surface area contributed by atoms with E-state index in [4.69, 9.17) is 5.73 Å². The van der Waals surface area contributed by atoms with Crippen molar-refractivity contribution in [1.82, 2.24) is 0 Å². The molecular weight excluding hydrogens is 264 g/mol. The zero-order chi connectivity index (χ0) is 14.8. The third kappa shape index (κ3) is 3.15. The molecule has 1 aromatic carbocycles. The zero-order valence-electron chi connectivity index (χ0n) is 13.3. The minimum absolute atomic E-state index is 0.0922. The molecule has 0 spiro atoms. The Morgan fingerprint density at radius 3 is 2.60 bits per heavy atom. The molecule has 112 valence electrons. The van der Waals surface area contributed by atoms with Crippen LogP contribution in [0, 0.1) is 12.3 Å². The molecule has 0 bridgehead atoms. The lowest BCUT2D eigenvalue weighted by Gasteiger charge is -2.51. The van der Waals surface area contributed by atoms with Crippen LogP contribution in [0.5, 0.6) is 0 Å². The monoisotopic (exact) mass is 292 g/mol. The fourth-order valence-corrected chi connectivity index (χ4v) is 5.02. The van der Waals surface area contributed by atoms with Gasteiger partial charge in [0.1, 0.15) is 0 Å². The maximum absolute atomic E-state index is 6.26. The molecule has 1 heterocycles. The molecule has 3 heteroatoms. The topological polar surface area (TPSA) is 29.3 Å². The summed E-state index contributed by atoms with van der Waals surface area (Å²) in [4.78, 5) is 2.54. The fourth-order valence-electron chi connectivity index (χ4n) is 3.51. The summed E-state index contributed by atoms with van der Waals surface area (Å²) in [6.45, 7) is 10.9. The maximum Gasteiger partial charge on any atom is 0.0619 e. The highest BCUT2D eigenvalue weighted by Gasteiger charge is 2.43. The first-order valence-corrected chi connectivity index (χ1v) is 8.70. The van der Waals surface area contributed by atoms with Gasteiger partial charge in [0.05, 0.1) is 5.54 Å². The number of aryl methyl sites for hydroxylation is 1. The quantitative estimate of drug-likeness (QED) is 0.918. The fraction of sp³-hybridized carbons (Fsp3) is 0.647. The largest absolute Gasteiger partial charge is 0.364 e. The summed E-state index contributed by atoms with van der Waals surface area (Å²) in [6, 6.07) is 8.82. The lowest BCUT2D eigenvalue weighted by atomic mass is 9.78. The van der Waals surface area contributed by atoms with Crippen molar-refractivity contribution in [3.63, 3.8) is 0 Å². The Labute approximate surface area is 128 Å². The Hall–Kier alpha value is -0.670. The summed E-state index contributed by atoms with van der Waals surface area (Å²) in [5, 5.41) is 0. The number of thioether (sulfide) groups is 1. The molecule has 0 amide bonds. The first-order chi connectivity index (χ1) is 9.42. The van der Waals surface area contributed by atoms with Gasteiger partial charge in [-0.1, -0.05) is 26.0 Å². The van der Waals surface area contributed by atoms with Crippen molar-refractivity contribution in [2.24, 2.45) is 11.1 Å². The van der Waals surface area contributed by atoms with Crippen molar-refractivity contribution in [2.45, 2.75) is 39.7 Å². The number of anilines is 1. The van der Waals surface area contributed by atoms with Gasteiger partial charge in [-0.05, 0) is 49.1 Å². The van der Waals surface area contributed by atoms with Crippen molar-refractivity contribution in [3.05, 3.63) is 29.8 Å². The molecule has 1 unspecified atom stereocenters. The minimum atomic E-state index is 0.0922. The van der Waals surface area contributed by atoms with Crippen LogP contribution in [-0.4, -0.2) is 30.1 Å². The van der Waals surface area contributed by atoms with E-state index >= 15 is 0 Å². The van der Waals surface area contributed by atoms with E-state index in [1.54, 1.807) is 0 Å². The van der Waals surface area contributed by atoms with E-state index in [9.17, 15) is 0 Å². The highest BCUT2D eigenvalue weighted by molar-refractivity contribution is 7.99. The summed E-state index contributed by atoms with van der Waals surface area (Å²) in [7, 11) is 0. The van der Waals surface area contributed by atoms with Gasteiger partial charge in [-0.25, -0.2) is 0 Å². The van der Waals surface area contributed by atoms with E-state index < -0.39 is 0 Å². The maximum atomic E-state index is 6.26. The molecule has 1 aliphatic heterocycles. The molecule has 2 nitrogen and oxygen atoms in total. The molecule has 1 fully saturated rings. The van der Waals surface area contributed by atoms with Crippen LogP contribution in [0.4, 0.5) is 5.69 Å². The van der Waals surface area contributed by atoms with Gasteiger partial charge >= 0.3 is 0 Å². The molecule has 1 aromatic rings. The van der Waals surface area contributed by atoms with Crippen LogP contribution in [0.3, 0.4) is 0 Å². The predicted octanol–water partition coefficient (Wildman–Crippen LogP) is 3.68. The molecule has 1 atom stereocenters. The van der Waals surface area contributed by atoms with Crippen LogP contribution in [0.25, 0.3) is 0 Å². The Morgan fingerprint density at radius 1 is 1.30 bits per heavy atom. The Balaban J connectivity index is 2.37. The van der Waals surface area contributed by atoms with Gasteiger partial charge in [0, 0.05) is 24.5 Å². The number of rotatable bonds is 4. The molecule has 1 saturated heterocycles. The van der Waals surface area contributed by atoms with Crippen molar-refractivity contribution in [1.29, 1.82) is 0 Å². The van der Waals surface area contributed by atoms with E-state index in [1.165, 1.54) is 23.4 Å². The summed E-state index contributed by atoms with van der Waals surface area (Å²) >= 11 is 2.05. The summed E-state index contributed by atoms with van der Waals surface area (Å²) in [5.74, 6) is 2.37. The van der Waals surface area contributed by atoms with E-state index in [-0.39, 0.29) is 5.54 Å². The molecule has 0 radical (unpaired) electrons. The van der Waals surface area contributed by atoms with Crippen LogP contribution >= 0.6 is 11.8 Å². The molecule has 0 aromatic heterocycles. The van der Waals surface area contributed by atoms with Crippen LogP contribution < -0.4 is 10.6 Å². The number of likely N-dealkylation sites (N-methyl/N-ethyl adjacent to an activating group) is 1. The van der Waals surface area contributed by atoms with E-state index in [1.807, 2.05) is 0 Å². The third-order valence-corrected chi connectivity index (χ3v) is 5.98. The molecule has 0 aliphatic carbocycles. The highest BCUT2D eigenvalue weighted by atomic mass is 32.2. The van der Waals surface area contributed by atoms with E-state index in [0.29, 0.717) is 5.41 Å². The van der Waals surface area contributed by atoms with Crippen LogP contribution in [0.1, 0.15) is 32.8 Å². The van der Waals surface area contributed by atoms with Crippen LogP contribution in [0.15, 0.2) is 24.3 Å². The minimum Gasteiger partial charge on any atom is -0.364 e. The van der Waals surface area contributed by atoms with Crippen molar-refractivity contribution >= 4 is 17.4 Å². The normalized spacial score (nSPS) is 25.4. The third-order valence-electron chi connectivity index (χ3n) is 4.25. The van der Waals surface area contributed by atoms with Crippen LogP contribution in [0.2, 0.25) is 0 Å². The number of hydrogen-bond donors (Lipinski definition) is 1. The van der Waals surface area contributed by atoms with Gasteiger partial charge in [0.15, 0.2) is 0 Å². The van der Waals surface area contributed by atoms with Crippen molar-refractivity contribution < 1.29 is 0 Å². The molecular formula is C17H28N2S. The molecule has 2 N–H and O–H groups in total.